The van der Waals surface area contributed by atoms with Crippen LogP contribution in [0.1, 0.15) is 19.3 Å². The smallest absolute Gasteiger partial charge is 0.0621 e. The van der Waals surface area contributed by atoms with E-state index in [0.29, 0.717) is 6.42 Å². The van der Waals surface area contributed by atoms with E-state index in [9.17, 15) is 0 Å². The molecule has 0 aliphatic rings. The first-order valence-electron chi connectivity index (χ1n) is 4.67. The van der Waals surface area contributed by atoms with E-state index in [0.717, 1.165) is 12.8 Å². The summed E-state index contributed by atoms with van der Waals surface area (Å²) in [5.41, 5.74) is 0. The molecule has 0 heterocycles. The summed E-state index contributed by atoms with van der Waals surface area (Å²) in [5.74, 6) is 0. The minimum atomic E-state index is 0.653. The number of allylic oxidation sites excluding steroid dienone is 1. The molecule has 14 heavy (non-hydrogen) atoms. The lowest BCUT2D eigenvalue weighted by Gasteiger charge is -1.93. The van der Waals surface area contributed by atoms with E-state index in [2.05, 4.69) is 29.7 Å². The maximum absolute atomic E-state index is 8.32. The standard InChI is InChI=1S/C12H13NS/c13-10-6-1-2-7-11-14-12-8-4-3-5-9-12/h3-5,7-9,11H,1-2,6H2. The Bertz CT molecular complexity index is 311. The third-order valence-corrected chi connectivity index (χ3v) is 2.58. The number of nitrogens with zero attached hydrogens (tertiary/aromatic N) is 1. The molecule has 2 heteroatoms. The van der Waals surface area contributed by atoms with Crippen molar-refractivity contribution in [3.63, 3.8) is 0 Å². The second kappa shape index (κ2) is 7.23. The van der Waals surface area contributed by atoms with Crippen LogP contribution in [0.3, 0.4) is 0 Å². The van der Waals surface area contributed by atoms with Gasteiger partial charge in [0, 0.05) is 11.3 Å². The van der Waals surface area contributed by atoms with Gasteiger partial charge in [0.1, 0.15) is 0 Å². The van der Waals surface area contributed by atoms with E-state index < -0.39 is 0 Å². The Morgan fingerprint density at radius 2 is 2.07 bits per heavy atom. The molecule has 0 saturated heterocycles. The number of rotatable bonds is 5. The number of hydrogen-bond acceptors (Lipinski definition) is 2. The molecular formula is C12H13NS. The number of hydrogen-bond donors (Lipinski definition) is 0. The fraction of sp³-hybridized carbons (Fsp3) is 0.250. The van der Waals surface area contributed by atoms with Gasteiger partial charge in [0.2, 0.25) is 0 Å². The van der Waals surface area contributed by atoms with Crippen molar-refractivity contribution < 1.29 is 0 Å². The lowest BCUT2D eigenvalue weighted by atomic mass is 10.2. The molecule has 0 bridgehead atoms. The summed E-state index contributed by atoms with van der Waals surface area (Å²) in [6.45, 7) is 0. The van der Waals surface area contributed by atoms with Crippen molar-refractivity contribution in [2.24, 2.45) is 0 Å². The van der Waals surface area contributed by atoms with Gasteiger partial charge in [0.25, 0.3) is 0 Å². The van der Waals surface area contributed by atoms with Crippen molar-refractivity contribution in [3.8, 4) is 6.07 Å². The average Bonchev–Trinajstić information content (AvgIpc) is 2.25. The van der Waals surface area contributed by atoms with Gasteiger partial charge in [0.05, 0.1) is 6.07 Å². The van der Waals surface area contributed by atoms with Gasteiger partial charge in [-0.3, -0.25) is 0 Å². The van der Waals surface area contributed by atoms with Crippen LogP contribution in [0.5, 0.6) is 0 Å². The molecule has 0 aliphatic carbocycles. The molecule has 1 aromatic rings. The zero-order chi connectivity index (χ0) is 10.1. The predicted molar refractivity (Wildman–Crippen MR) is 60.9 cm³/mol. The lowest BCUT2D eigenvalue weighted by Crippen LogP contribution is -1.68. The van der Waals surface area contributed by atoms with Crippen molar-refractivity contribution in [3.05, 3.63) is 41.8 Å². The quantitative estimate of drug-likeness (QED) is 0.533. The maximum atomic E-state index is 8.32. The van der Waals surface area contributed by atoms with E-state index in [1.54, 1.807) is 11.8 Å². The molecule has 0 N–H and O–H groups in total. The van der Waals surface area contributed by atoms with Crippen LogP contribution < -0.4 is 0 Å². The minimum Gasteiger partial charge on any atom is -0.198 e. The fourth-order valence-corrected chi connectivity index (χ4v) is 1.70. The van der Waals surface area contributed by atoms with Crippen molar-refractivity contribution >= 4 is 11.8 Å². The van der Waals surface area contributed by atoms with Gasteiger partial charge < -0.3 is 0 Å². The summed E-state index contributed by atoms with van der Waals surface area (Å²) < 4.78 is 0. The summed E-state index contributed by atoms with van der Waals surface area (Å²) in [4.78, 5) is 1.25. The molecule has 0 unspecified atom stereocenters. The number of benzene rings is 1. The summed E-state index contributed by atoms with van der Waals surface area (Å²) in [6, 6.07) is 12.4. The van der Waals surface area contributed by atoms with Crippen LogP contribution in [0.2, 0.25) is 0 Å². The predicted octanol–water partition coefficient (Wildman–Crippen LogP) is 3.99. The zero-order valence-electron chi connectivity index (χ0n) is 8.02. The highest BCUT2D eigenvalue weighted by atomic mass is 32.2. The van der Waals surface area contributed by atoms with Crippen LogP contribution >= 0.6 is 11.8 Å². The summed E-state index contributed by atoms with van der Waals surface area (Å²) >= 11 is 1.71. The maximum Gasteiger partial charge on any atom is 0.0621 e. The van der Waals surface area contributed by atoms with Gasteiger partial charge in [-0.25, -0.2) is 0 Å². The molecule has 0 fully saturated rings. The van der Waals surface area contributed by atoms with Crippen molar-refractivity contribution in [2.75, 3.05) is 0 Å². The van der Waals surface area contributed by atoms with Gasteiger partial charge in [-0.2, -0.15) is 5.26 Å². The van der Waals surface area contributed by atoms with Crippen molar-refractivity contribution in [2.45, 2.75) is 24.2 Å². The Kier molecular flexibility index (Phi) is 5.62. The highest BCUT2D eigenvalue weighted by Crippen LogP contribution is 2.18. The third kappa shape index (κ3) is 4.74. The van der Waals surface area contributed by atoms with Crippen LogP contribution in [0.15, 0.2) is 46.7 Å². The molecule has 0 spiro atoms. The third-order valence-electron chi connectivity index (χ3n) is 1.70. The van der Waals surface area contributed by atoms with Gasteiger partial charge in [-0.1, -0.05) is 36.0 Å². The summed E-state index contributed by atoms with van der Waals surface area (Å²) in [6.07, 6.45) is 4.73. The Labute approximate surface area is 89.4 Å². The van der Waals surface area contributed by atoms with Gasteiger partial charge in [-0.05, 0) is 30.4 Å². The molecule has 0 aliphatic heterocycles. The van der Waals surface area contributed by atoms with Crippen LogP contribution in [0.25, 0.3) is 0 Å². The van der Waals surface area contributed by atoms with E-state index >= 15 is 0 Å². The molecular weight excluding hydrogens is 190 g/mol. The zero-order valence-corrected chi connectivity index (χ0v) is 8.83. The van der Waals surface area contributed by atoms with Crippen LogP contribution in [0, 0.1) is 11.3 Å². The van der Waals surface area contributed by atoms with Gasteiger partial charge in [0.15, 0.2) is 0 Å². The summed E-state index contributed by atoms with van der Waals surface area (Å²) in [5, 5.41) is 10.4. The minimum absolute atomic E-state index is 0.653. The van der Waals surface area contributed by atoms with Crippen molar-refractivity contribution in [1.29, 1.82) is 5.26 Å². The second-order valence-corrected chi connectivity index (χ2v) is 3.83. The molecule has 0 atom stereocenters. The Morgan fingerprint density at radius 3 is 2.79 bits per heavy atom. The highest BCUT2D eigenvalue weighted by molar-refractivity contribution is 8.02. The molecule has 0 aromatic heterocycles. The highest BCUT2D eigenvalue weighted by Gasteiger charge is 1.86. The van der Waals surface area contributed by atoms with Gasteiger partial charge >= 0.3 is 0 Å². The van der Waals surface area contributed by atoms with E-state index in [1.165, 1.54) is 4.90 Å². The number of nitriles is 1. The molecule has 72 valence electrons. The summed E-state index contributed by atoms with van der Waals surface area (Å²) in [7, 11) is 0. The SMILES string of the molecule is N#CCCCC=CSc1ccccc1. The first-order valence-corrected chi connectivity index (χ1v) is 5.55. The topological polar surface area (TPSA) is 23.8 Å². The first-order chi connectivity index (χ1) is 6.93. The number of thioether (sulfide) groups is 1. The van der Waals surface area contributed by atoms with Crippen LogP contribution in [0.4, 0.5) is 0 Å². The average molecular weight is 203 g/mol. The second-order valence-electron chi connectivity index (χ2n) is 2.85. The molecule has 1 rings (SSSR count). The van der Waals surface area contributed by atoms with E-state index in [4.69, 9.17) is 5.26 Å². The van der Waals surface area contributed by atoms with Crippen LogP contribution in [-0.2, 0) is 0 Å². The fourth-order valence-electron chi connectivity index (χ4n) is 0.993. The van der Waals surface area contributed by atoms with Gasteiger partial charge in [-0.15, -0.1) is 0 Å². The molecule has 0 radical (unpaired) electrons. The number of unbranched alkanes of at least 4 members (excludes halogenated alkanes) is 2. The molecule has 0 saturated carbocycles. The van der Waals surface area contributed by atoms with E-state index in [1.807, 2.05) is 18.2 Å². The molecule has 0 amide bonds. The van der Waals surface area contributed by atoms with Crippen LogP contribution in [-0.4, -0.2) is 0 Å². The lowest BCUT2D eigenvalue weighted by molar-refractivity contribution is 0.877. The normalized spacial score (nSPS) is 10.2. The molecule has 1 aromatic carbocycles. The Hall–Kier alpha value is -1.20. The Morgan fingerprint density at radius 1 is 1.29 bits per heavy atom. The van der Waals surface area contributed by atoms with Crippen molar-refractivity contribution in [1.82, 2.24) is 0 Å². The first kappa shape index (κ1) is 10.9. The Balaban J connectivity index is 2.18. The largest absolute Gasteiger partial charge is 0.198 e. The van der Waals surface area contributed by atoms with E-state index in [-0.39, 0.29) is 0 Å². The molecule has 1 nitrogen and oxygen atoms in total. The monoisotopic (exact) mass is 203 g/mol.